The van der Waals surface area contributed by atoms with Gasteiger partial charge in [0.15, 0.2) is 0 Å². The molecular formula is C21H26N4O2. The molecule has 0 radical (unpaired) electrons. The Morgan fingerprint density at radius 1 is 1.15 bits per heavy atom. The molecule has 27 heavy (non-hydrogen) atoms. The summed E-state index contributed by atoms with van der Waals surface area (Å²) in [5, 5.41) is 0. The number of methoxy groups -OCH3 is 1. The number of benzene rings is 1. The highest BCUT2D eigenvalue weighted by atomic mass is 16.5. The average molecular weight is 366 g/mol. The molecule has 0 spiro atoms. The van der Waals surface area contributed by atoms with E-state index in [1.165, 1.54) is 0 Å². The van der Waals surface area contributed by atoms with Crippen molar-refractivity contribution in [2.45, 2.75) is 25.2 Å². The lowest BCUT2D eigenvalue weighted by atomic mass is 10.0. The molecular weight excluding hydrogens is 340 g/mol. The normalized spacial score (nSPS) is 19.2. The number of anilines is 1. The molecule has 4 rings (SSSR count). The van der Waals surface area contributed by atoms with Crippen LogP contribution in [0.2, 0.25) is 0 Å². The average Bonchev–Trinajstić information content (AvgIpc) is 3.43. The van der Waals surface area contributed by atoms with Crippen molar-refractivity contribution in [1.82, 2.24) is 14.9 Å². The molecule has 2 heterocycles. The first kappa shape index (κ1) is 17.8. The van der Waals surface area contributed by atoms with E-state index in [0.717, 1.165) is 55.1 Å². The summed E-state index contributed by atoms with van der Waals surface area (Å²) < 4.78 is 5.25. The summed E-state index contributed by atoms with van der Waals surface area (Å²) in [6, 6.07) is 9.99. The quantitative estimate of drug-likeness (QED) is 0.814. The van der Waals surface area contributed by atoms with E-state index in [2.05, 4.69) is 6.07 Å². The summed E-state index contributed by atoms with van der Waals surface area (Å²) in [4.78, 5) is 25.8. The van der Waals surface area contributed by atoms with E-state index in [0.29, 0.717) is 11.9 Å². The van der Waals surface area contributed by atoms with Crippen LogP contribution in [0.15, 0.2) is 30.3 Å². The molecule has 1 aromatic carbocycles. The van der Waals surface area contributed by atoms with Gasteiger partial charge >= 0.3 is 0 Å². The Morgan fingerprint density at radius 3 is 2.52 bits per heavy atom. The molecule has 1 saturated carbocycles. The third kappa shape index (κ3) is 3.75. The molecule has 6 heteroatoms. The van der Waals surface area contributed by atoms with Gasteiger partial charge < -0.3 is 14.5 Å². The number of ether oxygens (including phenoxy) is 1. The van der Waals surface area contributed by atoms with Crippen molar-refractivity contribution in [3.63, 3.8) is 0 Å². The largest absolute Gasteiger partial charge is 0.497 e. The SMILES string of the molecule is COc1ccc(-c2cc([C@@H]3CCN(C(=O)C4CC4)C3)nc(N(C)C)n2)cc1. The van der Waals surface area contributed by atoms with Crippen LogP contribution in [0.3, 0.4) is 0 Å². The van der Waals surface area contributed by atoms with Crippen molar-refractivity contribution < 1.29 is 9.53 Å². The maximum Gasteiger partial charge on any atom is 0.225 e. The highest BCUT2D eigenvalue weighted by Crippen LogP contribution is 2.35. The molecule has 0 N–H and O–H groups in total. The van der Waals surface area contributed by atoms with Crippen molar-refractivity contribution >= 4 is 11.9 Å². The Morgan fingerprint density at radius 2 is 1.89 bits per heavy atom. The van der Waals surface area contributed by atoms with Crippen molar-refractivity contribution in [3.05, 3.63) is 36.0 Å². The van der Waals surface area contributed by atoms with Gasteiger partial charge in [-0.2, -0.15) is 0 Å². The minimum absolute atomic E-state index is 0.270. The fraction of sp³-hybridized carbons (Fsp3) is 0.476. The molecule has 1 atom stereocenters. The fourth-order valence-corrected chi connectivity index (χ4v) is 3.56. The van der Waals surface area contributed by atoms with Gasteiger partial charge in [-0.25, -0.2) is 9.97 Å². The highest BCUT2D eigenvalue weighted by molar-refractivity contribution is 5.81. The lowest BCUT2D eigenvalue weighted by Gasteiger charge is -2.18. The molecule has 6 nitrogen and oxygen atoms in total. The molecule has 1 aromatic heterocycles. The van der Waals surface area contributed by atoms with E-state index in [1.54, 1.807) is 7.11 Å². The van der Waals surface area contributed by atoms with Crippen LogP contribution in [0.4, 0.5) is 5.95 Å². The zero-order valence-electron chi connectivity index (χ0n) is 16.2. The maximum atomic E-state index is 12.4. The van der Waals surface area contributed by atoms with Crippen molar-refractivity contribution in [1.29, 1.82) is 0 Å². The number of nitrogens with zero attached hydrogens (tertiary/aromatic N) is 4. The van der Waals surface area contributed by atoms with Crippen LogP contribution in [-0.2, 0) is 4.79 Å². The third-order valence-electron chi connectivity index (χ3n) is 5.36. The van der Waals surface area contributed by atoms with Gasteiger partial charge in [-0.1, -0.05) is 0 Å². The third-order valence-corrected chi connectivity index (χ3v) is 5.36. The lowest BCUT2D eigenvalue weighted by Crippen LogP contribution is -2.29. The van der Waals surface area contributed by atoms with E-state index >= 15 is 0 Å². The summed E-state index contributed by atoms with van der Waals surface area (Å²) in [6.07, 6.45) is 3.07. The minimum Gasteiger partial charge on any atom is -0.497 e. The van der Waals surface area contributed by atoms with Crippen molar-refractivity contribution in [3.8, 4) is 17.0 Å². The number of amides is 1. The van der Waals surface area contributed by atoms with Gasteiger partial charge in [0, 0.05) is 44.6 Å². The second-order valence-corrected chi connectivity index (χ2v) is 7.65. The van der Waals surface area contributed by atoms with Crippen LogP contribution < -0.4 is 9.64 Å². The number of carbonyl (C=O) groups excluding carboxylic acids is 1. The number of hydrogen-bond acceptors (Lipinski definition) is 5. The van der Waals surface area contributed by atoms with Crippen LogP contribution >= 0.6 is 0 Å². The second kappa shape index (κ2) is 7.18. The first-order valence-corrected chi connectivity index (χ1v) is 9.54. The van der Waals surface area contributed by atoms with E-state index in [-0.39, 0.29) is 11.8 Å². The van der Waals surface area contributed by atoms with Gasteiger partial charge in [0.2, 0.25) is 11.9 Å². The lowest BCUT2D eigenvalue weighted by molar-refractivity contribution is -0.131. The fourth-order valence-electron chi connectivity index (χ4n) is 3.56. The number of aromatic nitrogens is 2. The first-order valence-electron chi connectivity index (χ1n) is 9.54. The zero-order valence-corrected chi connectivity index (χ0v) is 16.2. The van der Waals surface area contributed by atoms with Crippen molar-refractivity contribution in [2.75, 3.05) is 39.2 Å². The summed E-state index contributed by atoms with van der Waals surface area (Å²) in [6.45, 7) is 1.60. The van der Waals surface area contributed by atoms with Gasteiger partial charge in [0.05, 0.1) is 18.5 Å². The number of carbonyl (C=O) groups is 1. The van der Waals surface area contributed by atoms with Crippen LogP contribution in [0, 0.1) is 5.92 Å². The van der Waals surface area contributed by atoms with Crippen LogP contribution in [0.25, 0.3) is 11.3 Å². The van der Waals surface area contributed by atoms with E-state index < -0.39 is 0 Å². The van der Waals surface area contributed by atoms with Crippen LogP contribution in [-0.4, -0.2) is 55.1 Å². The zero-order chi connectivity index (χ0) is 19.0. The Kier molecular flexibility index (Phi) is 4.72. The summed E-state index contributed by atoms with van der Waals surface area (Å²) in [5.41, 5.74) is 2.95. The standard InChI is InChI=1S/C21H26N4O2/c1-24(2)21-22-18(14-6-8-17(27-3)9-7-14)12-19(23-21)16-10-11-25(13-16)20(26)15-4-5-15/h6-9,12,15-16H,4-5,10-11,13H2,1-3H3/t16-/m1/s1. The van der Waals surface area contributed by atoms with Gasteiger partial charge in [-0.05, 0) is 49.6 Å². The minimum atomic E-state index is 0.270. The van der Waals surface area contributed by atoms with E-state index in [4.69, 9.17) is 14.7 Å². The monoisotopic (exact) mass is 366 g/mol. The molecule has 1 amide bonds. The van der Waals surface area contributed by atoms with Crippen LogP contribution in [0.1, 0.15) is 30.9 Å². The molecule has 2 aromatic rings. The summed E-state index contributed by atoms with van der Waals surface area (Å²) in [7, 11) is 5.57. The Balaban J connectivity index is 1.62. The van der Waals surface area contributed by atoms with Crippen molar-refractivity contribution in [2.24, 2.45) is 5.92 Å². The number of hydrogen-bond donors (Lipinski definition) is 0. The predicted octanol–water partition coefficient (Wildman–Crippen LogP) is 2.94. The summed E-state index contributed by atoms with van der Waals surface area (Å²) in [5.74, 6) is 2.40. The molecule has 0 bridgehead atoms. The van der Waals surface area contributed by atoms with Gasteiger partial charge in [0.25, 0.3) is 0 Å². The van der Waals surface area contributed by atoms with Gasteiger partial charge in [-0.15, -0.1) is 0 Å². The maximum absolute atomic E-state index is 12.4. The second-order valence-electron chi connectivity index (χ2n) is 7.65. The molecule has 1 aliphatic carbocycles. The Labute approximate surface area is 160 Å². The van der Waals surface area contributed by atoms with Gasteiger partial charge in [-0.3, -0.25) is 4.79 Å². The van der Waals surface area contributed by atoms with E-state index in [9.17, 15) is 4.79 Å². The Bertz CT molecular complexity index is 831. The smallest absolute Gasteiger partial charge is 0.225 e. The van der Waals surface area contributed by atoms with Crippen LogP contribution in [0.5, 0.6) is 5.75 Å². The molecule has 2 fully saturated rings. The first-order chi connectivity index (χ1) is 13.0. The molecule has 0 unspecified atom stereocenters. The predicted molar refractivity (Wildman–Crippen MR) is 105 cm³/mol. The van der Waals surface area contributed by atoms with E-state index in [1.807, 2.05) is 48.2 Å². The summed E-state index contributed by atoms with van der Waals surface area (Å²) >= 11 is 0. The molecule has 1 saturated heterocycles. The topological polar surface area (TPSA) is 58.6 Å². The van der Waals surface area contributed by atoms with Gasteiger partial charge in [0.1, 0.15) is 5.75 Å². The number of likely N-dealkylation sites (tertiary alicyclic amines) is 1. The highest BCUT2D eigenvalue weighted by Gasteiger charge is 2.37. The molecule has 1 aliphatic heterocycles. The Hall–Kier alpha value is -2.63. The number of rotatable bonds is 5. The molecule has 2 aliphatic rings. The molecule has 142 valence electrons.